The van der Waals surface area contributed by atoms with Crippen molar-refractivity contribution in [1.29, 1.82) is 5.26 Å². The molecule has 0 heterocycles. The number of hydrogen-bond acceptors (Lipinski definition) is 4. The van der Waals surface area contributed by atoms with Crippen LogP contribution < -0.4 is 4.74 Å². The molecule has 0 bridgehead atoms. The predicted molar refractivity (Wildman–Crippen MR) is 68.3 cm³/mol. The molecule has 0 aliphatic carbocycles. The number of esters is 1. The van der Waals surface area contributed by atoms with Gasteiger partial charge in [-0.15, -0.1) is 11.6 Å². The molecule has 0 fully saturated rings. The second-order valence-corrected chi connectivity index (χ2v) is 3.65. The summed E-state index contributed by atoms with van der Waals surface area (Å²) in [6.07, 6.45) is 1.45. The molecule has 18 heavy (non-hydrogen) atoms. The van der Waals surface area contributed by atoms with Crippen molar-refractivity contribution in [3.8, 4) is 11.8 Å². The van der Waals surface area contributed by atoms with Crippen molar-refractivity contribution in [3.05, 3.63) is 35.4 Å². The molecule has 0 spiro atoms. The molecule has 0 saturated heterocycles. The molecular formula is C13H12ClNO3. The fraction of sp³-hybridized carbons (Fsp3) is 0.231. The molecular weight excluding hydrogens is 254 g/mol. The van der Waals surface area contributed by atoms with Gasteiger partial charge in [0.15, 0.2) is 0 Å². The first-order chi connectivity index (χ1) is 8.71. The molecule has 0 amide bonds. The molecule has 0 saturated carbocycles. The van der Waals surface area contributed by atoms with Crippen molar-refractivity contribution in [2.24, 2.45) is 0 Å². The van der Waals surface area contributed by atoms with Gasteiger partial charge in [-0.25, -0.2) is 4.79 Å². The minimum Gasteiger partial charge on any atom is -0.497 e. The summed E-state index contributed by atoms with van der Waals surface area (Å²) in [4.78, 5) is 11.5. The molecule has 0 N–H and O–H groups in total. The average Bonchev–Trinajstić information content (AvgIpc) is 2.42. The number of hydrogen-bond donors (Lipinski definition) is 0. The van der Waals surface area contributed by atoms with E-state index in [2.05, 4.69) is 0 Å². The van der Waals surface area contributed by atoms with Crippen LogP contribution in [0.4, 0.5) is 0 Å². The number of carbonyl (C=O) groups is 1. The number of alkyl halides is 1. The Morgan fingerprint density at radius 3 is 2.61 bits per heavy atom. The Kier molecular flexibility index (Phi) is 5.75. The lowest BCUT2D eigenvalue weighted by molar-refractivity contribution is -0.137. The van der Waals surface area contributed by atoms with E-state index < -0.39 is 5.97 Å². The summed E-state index contributed by atoms with van der Waals surface area (Å²) in [5.74, 6) is 0.233. The van der Waals surface area contributed by atoms with Crippen LogP contribution in [0.15, 0.2) is 29.8 Å². The molecule has 0 unspecified atom stereocenters. The summed E-state index contributed by atoms with van der Waals surface area (Å²) >= 11 is 5.39. The molecule has 5 heteroatoms. The Hall–Kier alpha value is -1.99. The standard InChI is InChI=1S/C13H12ClNO3/c1-17-12-4-2-10(3-5-12)8-11(9-15)13(16)18-7-6-14/h2-5,8H,6-7H2,1H3/b11-8-. The van der Waals surface area contributed by atoms with Crippen molar-refractivity contribution in [3.63, 3.8) is 0 Å². The second-order valence-electron chi connectivity index (χ2n) is 3.27. The van der Waals surface area contributed by atoms with E-state index >= 15 is 0 Å². The highest BCUT2D eigenvalue weighted by Gasteiger charge is 2.10. The molecule has 1 aromatic rings. The zero-order chi connectivity index (χ0) is 13.4. The maximum atomic E-state index is 11.5. The summed E-state index contributed by atoms with van der Waals surface area (Å²) < 4.78 is 9.78. The third-order valence-corrected chi connectivity index (χ3v) is 2.23. The zero-order valence-corrected chi connectivity index (χ0v) is 10.6. The third-order valence-electron chi connectivity index (χ3n) is 2.08. The molecule has 0 aromatic heterocycles. The molecule has 0 atom stereocenters. The highest BCUT2D eigenvalue weighted by Crippen LogP contribution is 2.14. The normalized spacial score (nSPS) is 10.6. The predicted octanol–water partition coefficient (Wildman–Crippen LogP) is 2.38. The van der Waals surface area contributed by atoms with E-state index in [0.717, 1.165) is 5.56 Å². The number of carbonyl (C=O) groups excluding carboxylic acids is 1. The van der Waals surface area contributed by atoms with Crippen molar-refractivity contribution >= 4 is 23.6 Å². The summed E-state index contributed by atoms with van der Waals surface area (Å²) in [6.45, 7) is 0.0853. The summed E-state index contributed by atoms with van der Waals surface area (Å²) in [7, 11) is 1.56. The van der Waals surface area contributed by atoms with Gasteiger partial charge in [0, 0.05) is 0 Å². The van der Waals surface area contributed by atoms with Gasteiger partial charge in [0.05, 0.1) is 13.0 Å². The lowest BCUT2D eigenvalue weighted by atomic mass is 10.1. The van der Waals surface area contributed by atoms with Crippen molar-refractivity contribution < 1.29 is 14.3 Å². The fourth-order valence-corrected chi connectivity index (χ4v) is 1.29. The molecule has 0 aliphatic rings. The van der Waals surface area contributed by atoms with Gasteiger partial charge in [0.25, 0.3) is 0 Å². The van der Waals surface area contributed by atoms with E-state index in [4.69, 9.17) is 26.3 Å². The van der Waals surface area contributed by atoms with Crippen LogP contribution in [-0.2, 0) is 9.53 Å². The zero-order valence-electron chi connectivity index (χ0n) is 9.85. The Balaban J connectivity index is 2.83. The van der Waals surface area contributed by atoms with Gasteiger partial charge in [0.2, 0.25) is 0 Å². The number of methoxy groups -OCH3 is 1. The highest BCUT2D eigenvalue weighted by atomic mass is 35.5. The molecule has 94 valence electrons. The second kappa shape index (κ2) is 7.36. The average molecular weight is 266 g/mol. The first-order valence-corrected chi connectivity index (χ1v) is 5.73. The fourth-order valence-electron chi connectivity index (χ4n) is 1.21. The lowest BCUT2D eigenvalue weighted by Crippen LogP contribution is -2.08. The van der Waals surface area contributed by atoms with E-state index in [-0.39, 0.29) is 18.1 Å². The first kappa shape index (κ1) is 14.1. The van der Waals surface area contributed by atoms with Crippen molar-refractivity contribution in [2.45, 2.75) is 0 Å². The molecule has 0 radical (unpaired) electrons. The van der Waals surface area contributed by atoms with Gasteiger partial charge >= 0.3 is 5.97 Å². The number of nitriles is 1. The van der Waals surface area contributed by atoms with Crippen LogP contribution in [0.5, 0.6) is 5.75 Å². The third kappa shape index (κ3) is 4.11. The highest BCUT2D eigenvalue weighted by molar-refractivity contribution is 6.18. The Morgan fingerprint density at radius 2 is 2.11 bits per heavy atom. The smallest absolute Gasteiger partial charge is 0.348 e. The van der Waals surface area contributed by atoms with Crippen LogP contribution >= 0.6 is 11.6 Å². The number of nitrogens with zero attached hydrogens (tertiary/aromatic N) is 1. The number of halogens is 1. The minimum atomic E-state index is -0.672. The van der Waals surface area contributed by atoms with Crippen LogP contribution in [0.3, 0.4) is 0 Å². The van der Waals surface area contributed by atoms with Crippen LogP contribution in [0.2, 0.25) is 0 Å². The molecule has 1 rings (SSSR count). The van der Waals surface area contributed by atoms with Gasteiger partial charge in [-0.3, -0.25) is 0 Å². The maximum Gasteiger partial charge on any atom is 0.348 e. The van der Waals surface area contributed by atoms with Crippen LogP contribution in [0.1, 0.15) is 5.56 Å². The Labute approximate surface area is 110 Å². The minimum absolute atomic E-state index is 0.0646. The maximum absolute atomic E-state index is 11.5. The number of ether oxygens (including phenoxy) is 2. The van der Waals surface area contributed by atoms with E-state index in [9.17, 15) is 4.79 Å². The van der Waals surface area contributed by atoms with Crippen molar-refractivity contribution in [1.82, 2.24) is 0 Å². The monoisotopic (exact) mass is 265 g/mol. The largest absolute Gasteiger partial charge is 0.497 e. The van der Waals surface area contributed by atoms with Crippen LogP contribution in [0.25, 0.3) is 6.08 Å². The number of rotatable bonds is 5. The van der Waals surface area contributed by atoms with E-state index in [1.807, 2.05) is 0 Å². The Morgan fingerprint density at radius 1 is 1.44 bits per heavy atom. The van der Waals surface area contributed by atoms with Crippen LogP contribution in [-0.4, -0.2) is 25.6 Å². The topological polar surface area (TPSA) is 59.3 Å². The van der Waals surface area contributed by atoms with E-state index in [1.165, 1.54) is 6.08 Å². The van der Waals surface area contributed by atoms with Gasteiger partial charge in [-0.2, -0.15) is 5.26 Å². The SMILES string of the molecule is COc1ccc(/C=C(/C#N)C(=O)OCCCl)cc1. The summed E-state index contributed by atoms with van der Waals surface area (Å²) in [5, 5.41) is 8.88. The molecule has 0 aliphatic heterocycles. The molecule has 1 aromatic carbocycles. The van der Waals surface area contributed by atoms with Gasteiger partial charge < -0.3 is 9.47 Å². The lowest BCUT2D eigenvalue weighted by Gasteiger charge is -2.02. The number of benzene rings is 1. The quantitative estimate of drug-likeness (QED) is 0.355. The van der Waals surface area contributed by atoms with Gasteiger partial charge in [-0.1, -0.05) is 12.1 Å². The summed E-state index contributed by atoms with van der Waals surface area (Å²) in [6, 6.07) is 8.76. The van der Waals surface area contributed by atoms with Gasteiger partial charge in [-0.05, 0) is 23.8 Å². The van der Waals surface area contributed by atoms with Crippen molar-refractivity contribution in [2.75, 3.05) is 19.6 Å². The summed E-state index contributed by atoms with van der Waals surface area (Å²) in [5.41, 5.74) is 0.653. The van der Waals surface area contributed by atoms with Gasteiger partial charge in [0.1, 0.15) is 24.0 Å². The molecule has 4 nitrogen and oxygen atoms in total. The Bertz CT molecular complexity index is 474. The first-order valence-electron chi connectivity index (χ1n) is 5.20. The van der Waals surface area contributed by atoms with E-state index in [0.29, 0.717) is 5.75 Å². The van der Waals surface area contributed by atoms with Crippen LogP contribution in [0, 0.1) is 11.3 Å². The van der Waals surface area contributed by atoms with E-state index in [1.54, 1.807) is 37.4 Å².